The second-order valence-electron chi connectivity index (χ2n) is 4.81. The van der Waals surface area contributed by atoms with Crippen molar-refractivity contribution in [3.05, 3.63) is 35.4 Å². The monoisotopic (exact) mass is 293 g/mol. The number of amides is 1. The Hall–Kier alpha value is -1.49. The highest BCUT2D eigenvalue weighted by Crippen LogP contribution is 2.20. The summed E-state index contributed by atoms with van der Waals surface area (Å²) in [4.78, 5) is 25.3. The van der Waals surface area contributed by atoms with Gasteiger partial charge in [0.15, 0.2) is 0 Å². The van der Waals surface area contributed by atoms with Gasteiger partial charge in [0.25, 0.3) is 0 Å². The first-order chi connectivity index (χ1) is 9.61. The lowest BCUT2D eigenvalue weighted by Gasteiger charge is -2.29. The number of benzene rings is 1. The summed E-state index contributed by atoms with van der Waals surface area (Å²) in [5, 5.41) is -0.305. The van der Waals surface area contributed by atoms with E-state index >= 15 is 0 Å². The van der Waals surface area contributed by atoms with Gasteiger partial charge in [-0.2, -0.15) is 0 Å². The Morgan fingerprint density at radius 2 is 2.05 bits per heavy atom. The molecule has 0 aromatic heterocycles. The lowest BCUT2D eigenvalue weighted by Crippen LogP contribution is -2.37. The Morgan fingerprint density at radius 3 is 2.75 bits per heavy atom. The summed E-state index contributed by atoms with van der Waals surface area (Å²) >= 11 is 1.33. The minimum Gasteiger partial charge on any atom is -0.468 e. The van der Waals surface area contributed by atoms with Crippen LogP contribution in [0.2, 0.25) is 0 Å². The molecule has 0 fully saturated rings. The predicted octanol–water partition coefficient (Wildman–Crippen LogP) is 1.87. The standard InChI is InChI=1S/C15H19NO3S/c1-11(15(18)19-2)20-10-14(17)16-8-7-12-5-3-4-6-13(12)9-16/h3-6,11H,7-10H2,1-2H3. The molecule has 1 aliphatic rings. The van der Waals surface area contributed by atoms with Gasteiger partial charge in [-0.05, 0) is 24.5 Å². The number of hydrogen-bond acceptors (Lipinski definition) is 4. The van der Waals surface area contributed by atoms with Crippen LogP contribution in [0.4, 0.5) is 0 Å². The molecule has 0 spiro atoms. The molecule has 5 heteroatoms. The summed E-state index contributed by atoms with van der Waals surface area (Å²) in [5.74, 6) is 0.116. The maximum Gasteiger partial charge on any atom is 0.318 e. The van der Waals surface area contributed by atoms with Gasteiger partial charge in [-0.1, -0.05) is 24.3 Å². The highest BCUT2D eigenvalue weighted by molar-refractivity contribution is 8.01. The maximum absolute atomic E-state index is 12.2. The minimum absolute atomic E-state index is 0.0836. The number of carbonyl (C=O) groups is 2. The largest absolute Gasteiger partial charge is 0.468 e. The van der Waals surface area contributed by atoms with Crippen molar-refractivity contribution in [3.8, 4) is 0 Å². The van der Waals surface area contributed by atoms with E-state index in [0.717, 1.165) is 13.0 Å². The topological polar surface area (TPSA) is 46.6 Å². The third-order valence-corrected chi connectivity index (χ3v) is 4.58. The third kappa shape index (κ3) is 3.54. The Labute approximate surface area is 123 Å². The summed E-state index contributed by atoms with van der Waals surface area (Å²) < 4.78 is 4.65. The number of esters is 1. The number of hydrogen-bond donors (Lipinski definition) is 0. The number of rotatable bonds is 4. The third-order valence-electron chi connectivity index (χ3n) is 3.47. The molecule has 1 aromatic rings. The molecule has 0 saturated carbocycles. The van der Waals surface area contributed by atoms with Crippen molar-refractivity contribution in [3.63, 3.8) is 0 Å². The smallest absolute Gasteiger partial charge is 0.318 e. The molecule has 20 heavy (non-hydrogen) atoms. The van der Waals surface area contributed by atoms with Crippen LogP contribution in [0.15, 0.2) is 24.3 Å². The molecule has 1 amide bonds. The molecule has 1 unspecified atom stereocenters. The van der Waals surface area contributed by atoms with Crippen LogP contribution in [0.3, 0.4) is 0 Å². The van der Waals surface area contributed by atoms with Crippen molar-refractivity contribution in [2.24, 2.45) is 0 Å². The van der Waals surface area contributed by atoms with Crippen LogP contribution in [0.25, 0.3) is 0 Å². The molecule has 1 aliphatic heterocycles. The Balaban J connectivity index is 1.87. The predicted molar refractivity (Wildman–Crippen MR) is 79.5 cm³/mol. The molecule has 2 rings (SSSR count). The number of thioether (sulfide) groups is 1. The molecule has 0 radical (unpaired) electrons. The van der Waals surface area contributed by atoms with Gasteiger partial charge in [-0.25, -0.2) is 0 Å². The first-order valence-electron chi connectivity index (χ1n) is 6.66. The molecule has 1 heterocycles. The number of ether oxygens (including phenoxy) is 1. The Bertz CT molecular complexity index is 504. The van der Waals surface area contributed by atoms with E-state index in [1.165, 1.54) is 30.0 Å². The SMILES string of the molecule is COC(=O)C(C)SCC(=O)N1CCc2ccccc2C1. The van der Waals surface area contributed by atoms with E-state index in [-0.39, 0.29) is 17.1 Å². The van der Waals surface area contributed by atoms with Crippen molar-refractivity contribution in [2.45, 2.75) is 25.1 Å². The minimum atomic E-state index is -0.305. The van der Waals surface area contributed by atoms with Crippen LogP contribution < -0.4 is 0 Å². The molecular formula is C15H19NO3S. The summed E-state index contributed by atoms with van der Waals surface area (Å²) in [7, 11) is 1.36. The zero-order valence-electron chi connectivity index (χ0n) is 11.8. The van der Waals surface area contributed by atoms with E-state index < -0.39 is 0 Å². The van der Waals surface area contributed by atoms with Crippen molar-refractivity contribution in [1.29, 1.82) is 0 Å². The summed E-state index contributed by atoms with van der Waals surface area (Å²) in [6.45, 7) is 3.18. The van der Waals surface area contributed by atoms with E-state index in [1.54, 1.807) is 6.92 Å². The molecule has 108 valence electrons. The Morgan fingerprint density at radius 1 is 1.35 bits per heavy atom. The normalized spacial score (nSPS) is 15.4. The molecule has 4 nitrogen and oxygen atoms in total. The number of methoxy groups -OCH3 is 1. The first kappa shape index (κ1) is 14.9. The summed E-state index contributed by atoms with van der Waals surface area (Å²) in [6.07, 6.45) is 0.902. The van der Waals surface area contributed by atoms with Crippen LogP contribution in [0.5, 0.6) is 0 Å². The van der Waals surface area contributed by atoms with Crippen LogP contribution >= 0.6 is 11.8 Å². The van der Waals surface area contributed by atoms with Crippen LogP contribution in [-0.4, -0.2) is 41.4 Å². The van der Waals surface area contributed by atoms with E-state index in [4.69, 9.17) is 0 Å². The average Bonchev–Trinajstić information content (AvgIpc) is 2.50. The van der Waals surface area contributed by atoms with Crippen LogP contribution in [0, 0.1) is 0 Å². The van der Waals surface area contributed by atoms with Crippen molar-refractivity contribution < 1.29 is 14.3 Å². The average molecular weight is 293 g/mol. The van der Waals surface area contributed by atoms with Crippen LogP contribution in [-0.2, 0) is 27.3 Å². The fourth-order valence-corrected chi connectivity index (χ4v) is 3.04. The fraction of sp³-hybridized carbons (Fsp3) is 0.467. The van der Waals surface area contributed by atoms with Crippen LogP contribution in [0.1, 0.15) is 18.1 Å². The molecule has 1 atom stereocenters. The highest BCUT2D eigenvalue weighted by atomic mass is 32.2. The maximum atomic E-state index is 12.2. The van der Waals surface area contributed by atoms with E-state index in [0.29, 0.717) is 12.3 Å². The van der Waals surface area contributed by atoms with Gasteiger partial charge in [-0.15, -0.1) is 11.8 Å². The van der Waals surface area contributed by atoms with Crippen molar-refractivity contribution in [1.82, 2.24) is 4.90 Å². The molecule has 0 saturated heterocycles. The molecular weight excluding hydrogens is 274 g/mol. The van der Waals surface area contributed by atoms with Gasteiger partial charge in [0.1, 0.15) is 5.25 Å². The molecule has 0 aliphatic carbocycles. The lowest BCUT2D eigenvalue weighted by atomic mass is 10.00. The van der Waals surface area contributed by atoms with Gasteiger partial charge >= 0.3 is 5.97 Å². The van der Waals surface area contributed by atoms with Gasteiger partial charge in [0.05, 0.1) is 12.9 Å². The zero-order chi connectivity index (χ0) is 14.5. The van der Waals surface area contributed by atoms with E-state index in [2.05, 4.69) is 16.9 Å². The quantitative estimate of drug-likeness (QED) is 0.795. The molecule has 0 N–H and O–H groups in total. The van der Waals surface area contributed by atoms with Gasteiger partial charge in [-0.3, -0.25) is 9.59 Å². The molecule has 1 aromatic carbocycles. The summed E-state index contributed by atoms with van der Waals surface area (Å²) in [6, 6.07) is 8.22. The second kappa shape index (κ2) is 6.79. The summed E-state index contributed by atoms with van der Waals surface area (Å²) in [5.41, 5.74) is 2.55. The number of fused-ring (bicyclic) bond motifs is 1. The Kier molecular flexibility index (Phi) is 5.06. The van der Waals surface area contributed by atoms with Crippen molar-refractivity contribution >= 4 is 23.6 Å². The van der Waals surface area contributed by atoms with Gasteiger partial charge in [0.2, 0.25) is 5.91 Å². The fourth-order valence-electron chi connectivity index (χ4n) is 2.23. The first-order valence-corrected chi connectivity index (χ1v) is 7.70. The van der Waals surface area contributed by atoms with Gasteiger partial charge < -0.3 is 9.64 Å². The van der Waals surface area contributed by atoms with E-state index in [1.807, 2.05) is 17.0 Å². The van der Waals surface area contributed by atoms with Crippen molar-refractivity contribution in [2.75, 3.05) is 19.4 Å². The second-order valence-corrected chi connectivity index (χ2v) is 6.14. The van der Waals surface area contributed by atoms with Gasteiger partial charge in [0, 0.05) is 13.1 Å². The molecule has 0 bridgehead atoms. The number of nitrogens with zero attached hydrogens (tertiary/aromatic N) is 1. The van der Waals surface area contributed by atoms with E-state index in [9.17, 15) is 9.59 Å². The number of carbonyl (C=O) groups excluding carboxylic acids is 2. The highest BCUT2D eigenvalue weighted by Gasteiger charge is 2.22. The lowest BCUT2D eigenvalue weighted by molar-refractivity contribution is -0.139. The zero-order valence-corrected chi connectivity index (χ0v) is 12.6.